The van der Waals surface area contributed by atoms with Crippen molar-refractivity contribution in [1.82, 2.24) is 0 Å². The average molecular weight is 253 g/mol. The van der Waals surface area contributed by atoms with Crippen molar-refractivity contribution in [2.45, 2.75) is 24.7 Å². The van der Waals surface area contributed by atoms with E-state index in [1.165, 1.54) is 34.9 Å². The molecule has 3 rings (SSSR count). The van der Waals surface area contributed by atoms with Crippen molar-refractivity contribution >= 4 is 15.9 Å². The van der Waals surface area contributed by atoms with Gasteiger partial charge in [-0.15, -0.1) is 0 Å². The Kier molecular flexibility index (Phi) is 1.80. The first-order chi connectivity index (χ1) is 6.76. The van der Waals surface area contributed by atoms with Crippen molar-refractivity contribution in [2.24, 2.45) is 5.92 Å². The minimum absolute atomic E-state index is 0.357. The topological polar surface area (TPSA) is 20.2 Å². The Hall–Kier alpha value is -0.340. The maximum Gasteiger partial charge on any atom is 0.0468 e. The van der Waals surface area contributed by atoms with Crippen molar-refractivity contribution in [3.05, 3.63) is 33.8 Å². The Balaban J connectivity index is 2.04. The lowest BCUT2D eigenvalue weighted by Crippen LogP contribution is -2.06. The van der Waals surface area contributed by atoms with Gasteiger partial charge >= 0.3 is 0 Å². The highest BCUT2D eigenvalue weighted by Crippen LogP contribution is 2.61. The molecule has 1 fully saturated rings. The van der Waals surface area contributed by atoms with Crippen molar-refractivity contribution in [1.29, 1.82) is 0 Å². The van der Waals surface area contributed by atoms with Gasteiger partial charge < -0.3 is 5.11 Å². The molecule has 2 heteroatoms. The van der Waals surface area contributed by atoms with Gasteiger partial charge in [0.05, 0.1) is 0 Å². The fourth-order valence-corrected chi connectivity index (χ4v) is 3.41. The highest BCUT2D eigenvalue weighted by atomic mass is 79.9. The molecule has 2 aliphatic rings. The van der Waals surface area contributed by atoms with Crippen LogP contribution in [0, 0.1) is 5.92 Å². The van der Waals surface area contributed by atoms with Crippen molar-refractivity contribution < 1.29 is 5.11 Å². The highest BCUT2D eigenvalue weighted by molar-refractivity contribution is 9.10. The third-order valence-electron chi connectivity index (χ3n) is 3.90. The van der Waals surface area contributed by atoms with Crippen LogP contribution in [0.1, 0.15) is 24.0 Å². The van der Waals surface area contributed by atoms with Crippen LogP contribution in [0.5, 0.6) is 0 Å². The maximum absolute atomic E-state index is 9.20. The van der Waals surface area contributed by atoms with Crippen LogP contribution in [0.2, 0.25) is 0 Å². The maximum atomic E-state index is 9.20. The summed E-state index contributed by atoms with van der Waals surface area (Å²) in [6.07, 6.45) is 3.62. The molecule has 1 spiro atoms. The summed E-state index contributed by atoms with van der Waals surface area (Å²) in [5.74, 6) is 0.532. The minimum atomic E-state index is 0.357. The zero-order valence-corrected chi connectivity index (χ0v) is 9.55. The van der Waals surface area contributed by atoms with Crippen LogP contribution in [0.4, 0.5) is 0 Å². The van der Waals surface area contributed by atoms with Gasteiger partial charge in [-0.05, 0) is 48.4 Å². The summed E-state index contributed by atoms with van der Waals surface area (Å²) < 4.78 is 1.18. The van der Waals surface area contributed by atoms with Gasteiger partial charge in [0, 0.05) is 16.5 Å². The quantitative estimate of drug-likeness (QED) is 0.815. The summed E-state index contributed by atoms with van der Waals surface area (Å²) >= 11 is 3.51. The van der Waals surface area contributed by atoms with Crippen molar-refractivity contribution in [3.63, 3.8) is 0 Å². The molecular weight excluding hydrogens is 240 g/mol. The first-order valence-electron chi connectivity index (χ1n) is 5.16. The SMILES string of the molecule is OC[C@@H]1C[C@]12CCc1cc(Br)ccc12. The van der Waals surface area contributed by atoms with Crippen LogP contribution in [-0.4, -0.2) is 11.7 Å². The van der Waals surface area contributed by atoms with E-state index in [0.29, 0.717) is 17.9 Å². The number of hydrogen-bond acceptors (Lipinski definition) is 1. The van der Waals surface area contributed by atoms with E-state index in [0.717, 1.165) is 0 Å². The molecule has 0 radical (unpaired) electrons. The van der Waals surface area contributed by atoms with Crippen LogP contribution in [0.25, 0.3) is 0 Å². The van der Waals surface area contributed by atoms with E-state index in [1.807, 2.05) is 0 Å². The Labute approximate surface area is 92.3 Å². The van der Waals surface area contributed by atoms with Crippen molar-refractivity contribution in [2.75, 3.05) is 6.61 Å². The van der Waals surface area contributed by atoms with E-state index in [4.69, 9.17) is 0 Å². The fraction of sp³-hybridized carbons (Fsp3) is 0.500. The second-order valence-electron chi connectivity index (χ2n) is 4.54. The zero-order chi connectivity index (χ0) is 9.76. The Morgan fingerprint density at radius 2 is 2.36 bits per heavy atom. The van der Waals surface area contributed by atoms with Gasteiger partial charge in [0.1, 0.15) is 0 Å². The van der Waals surface area contributed by atoms with Crippen LogP contribution in [0.3, 0.4) is 0 Å². The fourth-order valence-electron chi connectivity index (χ4n) is 3.00. The van der Waals surface area contributed by atoms with E-state index in [9.17, 15) is 5.11 Å². The molecule has 0 amide bonds. The molecule has 0 aliphatic heterocycles. The van der Waals surface area contributed by atoms with Crippen LogP contribution < -0.4 is 0 Å². The monoisotopic (exact) mass is 252 g/mol. The first kappa shape index (κ1) is 8.93. The number of aliphatic hydroxyl groups excluding tert-OH is 1. The third kappa shape index (κ3) is 1.04. The molecule has 1 aromatic rings. The van der Waals surface area contributed by atoms with Gasteiger partial charge in [-0.2, -0.15) is 0 Å². The normalized spacial score (nSPS) is 33.4. The standard InChI is InChI=1S/C12H13BrO/c13-10-1-2-11-8(5-10)3-4-12(11)6-9(12)7-14/h1-2,5,9,14H,3-4,6-7H2/t9-,12+/m0/s1. The molecule has 2 aliphatic carbocycles. The molecule has 0 aromatic heterocycles. The average Bonchev–Trinajstić information content (AvgIpc) is 2.78. The summed E-state index contributed by atoms with van der Waals surface area (Å²) in [6, 6.07) is 6.59. The number of rotatable bonds is 1. The number of benzene rings is 1. The van der Waals surface area contributed by atoms with Gasteiger partial charge in [-0.3, -0.25) is 0 Å². The summed E-state index contributed by atoms with van der Waals surface area (Å²) in [4.78, 5) is 0. The molecule has 1 N–H and O–H groups in total. The molecule has 0 bridgehead atoms. The molecule has 74 valence electrons. The Bertz CT molecular complexity index is 388. The van der Waals surface area contributed by atoms with Crippen molar-refractivity contribution in [3.8, 4) is 0 Å². The zero-order valence-electron chi connectivity index (χ0n) is 7.96. The van der Waals surface area contributed by atoms with E-state index in [2.05, 4.69) is 34.1 Å². The predicted molar refractivity (Wildman–Crippen MR) is 59.3 cm³/mol. The van der Waals surface area contributed by atoms with E-state index in [-0.39, 0.29) is 0 Å². The lowest BCUT2D eigenvalue weighted by atomic mass is 9.96. The van der Waals surface area contributed by atoms with Crippen LogP contribution in [0.15, 0.2) is 22.7 Å². The molecular formula is C12H13BrO. The predicted octanol–water partition coefficient (Wildman–Crippen LogP) is 2.65. The smallest absolute Gasteiger partial charge is 0.0468 e. The van der Waals surface area contributed by atoms with Gasteiger partial charge in [-0.25, -0.2) is 0 Å². The van der Waals surface area contributed by atoms with Gasteiger partial charge in [-0.1, -0.05) is 22.0 Å². The van der Waals surface area contributed by atoms with Gasteiger partial charge in [0.15, 0.2) is 0 Å². The number of fused-ring (bicyclic) bond motifs is 2. The highest BCUT2D eigenvalue weighted by Gasteiger charge is 2.57. The summed E-state index contributed by atoms with van der Waals surface area (Å²) in [5.41, 5.74) is 3.35. The number of aliphatic hydroxyl groups is 1. The Morgan fingerprint density at radius 3 is 3.07 bits per heavy atom. The first-order valence-corrected chi connectivity index (χ1v) is 5.95. The molecule has 14 heavy (non-hydrogen) atoms. The molecule has 2 atom stereocenters. The second-order valence-corrected chi connectivity index (χ2v) is 5.46. The number of hydrogen-bond donors (Lipinski definition) is 1. The summed E-state index contributed by atoms with van der Waals surface area (Å²) in [7, 11) is 0. The second kappa shape index (κ2) is 2.83. The van der Waals surface area contributed by atoms with Gasteiger partial charge in [0.2, 0.25) is 0 Å². The Morgan fingerprint density at radius 1 is 1.50 bits per heavy atom. The number of halogens is 1. The molecule has 1 saturated carbocycles. The molecule has 0 saturated heterocycles. The van der Waals surface area contributed by atoms with Crippen LogP contribution in [-0.2, 0) is 11.8 Å². The minimum Gasteiger partial charge on any atom is -0.396 e. The summed E-state index contributed by atoms with van der Waals surface area (Å²) in [6.45, 7) is 0.357. The molecule has 1 nitrogen and oxygen atoms in total. The molecule has 1 aromatic carbocycles. The summed E-state index contributed by atoms with van der Waals surface area (Å²) in [5, 5.41) is 9.20. The number of aryl methyl sites for hydroxylation is 1. The third-order valence-corrected chi connectivity index (χ3v) is 4.39. The van der Waals surface area contributed by atoms with Crippen LogP contribution >= 0.6 is 15.9 Å². The molecule has 0 heterocycles. The molecule has 0 unspecified atom stereocenters. The van der Waals surface area contributed by atoms with E-state index < -0.39 is 0 Å². The van der Waals surface area contributed by atoms with Gasteiger partial charge in [0.25, 0.3) is 0 Å². The van der Waals surface area contributed by atoms with E-state index in [1.54, 1.807) is 0 Å². The van der Waals surface area contributed by atoms with E-state index >= 15 is 0 Å². The lowest BCUT2D eigenvalue weighted by Gasteiger charge is -2.10. The lowest BCUT2D eigenvalue weighted by molar-refractivity contribution is 0.263. The largest absolute Gasteiger partial charge is 0.396 e.